The lowest BCUT2D eigenvalue weighted by Crippen LogP contribution is -2.05. The van der Waals surface area contributed by atoms with Gasteiger partial charge in [-0.25, -0.2) is 9.59 Å². The Kier molecular flexibility index (Phi) is 4.61. The first-order chi connectivity index (χ1) is 10.1. The molecule has 0 radical (unpaired) electrons. The molecule has 6 heteroatoms. The Morgan fingerprint density at radius 3 is 2.76 bits per heavy atom. The van der Waals surface area contributed by atoms with Crippen molar-refractivity contribution in [3.05, 3.63) is 53.5 Å². The molecule has 2 rings (SSSR count). The molecule has 0 unspecified atom stereocenters. The van der Waals surface area contributed by atoms with Crippen LogP contribution in [0.15, 0.2) is 41.0 Å². The van der Waals surface area contributed by atoms with E-state index in [0.29, 0.717) is 30.2 Å². The molecule has 21 heavy (non-hydrogen) atoms. The molecule has 0 aliphatic carbocycles. The van der Waals surface area contributed by atoms with Gasteiger partial charge >= 0.3 is 11.9 Å². The van der Waals surface area contributed by atoms with Crippen molar-refractivity contribution in [2.24, 2.45) is 0 Å². The molecule has 1 aromatic heterocycles. The van der Waals surface area contributed by atoms with E-state index in [1.165, 1.54) is 12.3 Å². The van der Waals surface area contributed by atoms with Crippen LogP contribution in [0.1, 0.15) is 33.4 Å². The van der Waals surface area contributed by atoms with Crippen LogP contribution in [0.2, 0.25) is 0 Å². The zero-order valence-corrected chi connectivity index (χ0v) is 11.5. The second-order valence-electron chi connectivity index (χ2n) is 4.26. The summed E-state index contributed by atoms with van der Waals surface area (Å²) in [5.74, 6) is -0.921. The van der Waals surface area contributed by atoms with Gasteiger partial charge < -0.3 is 19.6 Å². The van der Waals surface area contributed by atoms with E-state index in [0.717, 1.165) is 0 Å². The third-order valence-corrected chi connectivity index (χ3v) is 2.74. The minimum Gasteiger partial charge on any atom is -0.478 e. The number of carbonyl (C=O) groups excluding carboxylic acids is 1. The van der Waals surface area contributed by atoms with Gasteiger partial charge in [-0.1, -0.05) is 6.07 Å². The molecule has 0 spiro atoms. The van der Waals surface area contributed by atoms with Crippen molar-refractivity contribution in [3.8, 4) is 0 Å². The molecule has 0 aliphatic rings. The second kappa shape index (κ2) is 6.60. The Morgan fingerprint density at radius 1 is 1.29 bits per heavy atom. The number of carboxylic acid groups (broad SMARTS) is 1. The van der Waals surface area contributed by atoms with Crippen LogP contribution in [0.3, 0.4) is 0 Å². The fourth-order valence-corrected chi connectivity index (χ4v) is 1.75. The Labute approximate surface area is 121 Å². The number of benzene rings is 1. The first-order valence-corrected chi connectivity index (χ1v) is 6.42. The first-order valence-electron chi connectivity index (χ1n) is 6.42. The monoisotopic (exact) mass is 289 g/mol. The molecule has 0 saturated carbocycles. The number of rotatable bonds is 6. The van der Waals surface area contributed by atoms with Crippen molar-refractivity contribution in [2.75, 3.05) is 11.9 Å². The highest BCUT2D eigenvalue weighted by molar-refractivity contribution is 5.90. The lowest BCUT2D eigenvalue weighted by atomic mass is 10.2. The largest absolute Gasteiger partial charge is 0.478 e. The van der Waals surface area contributed by atoms with Crippen LogP contribution < -0.4 is 5.32 Å². The fourth-order valence-electron chi connectivity index (χ4n) is 1.75. The molecule has 1 heterocycles. The van der Waals surface area contributed by atoms with Crippen LogP contribution in [0.25, 0.3) is 0 Å². The maximum Gasteiger partial charge on any atom is 0.338 e. The molecule has 2 aromatic rings. The van der Waals surface area contributed by atoms with Gasteiger partial charge in [0.1, 0.15) is 12.0 Å². The number of anilines is 1. The Bertz CT molecular complexity index is 647. The molecular weight excluding hydrogens is 274 g/mol. The number of aromatic carboxylic acids is 1. The molecule has 0 fully saturated rings. The molecule has 2 N–H and O–H groups in total. The van der Waals surface area contributed by atoms with Gasteiger partial charge in [-0.05, 0) is 31.2 Å². The van der Waals surface area contributed by atoms with E-state index < -0.39 is 5.97 Å². The van der Waals surface area contributed by atoms with E-state index in [4.69, 9.17) is 14.3 Å². The Balaban J connectivity index is 2.01. The van der Waals surface area contributed by atoms with Gasteiger partial charge in [0, 0.05) is 5.69 Å². The average Bonchev–Trinajstić information content (AvgIpc) is 2.95. The van der Waals surface area contributed by atoms with Gasteiger partial charge in [0.25, 0.3) is 0 Å². The summed E-state index contributed by atoms with van der Waals surface area (Å²) in [6, 6.07) is 8.31. The smallest absolute Gasteiger partial charge is 0.338 e. The number of hydrogen-bond acceptors (Lipinski definition) is 5. The Hall–Kier alpha value is -2.76. The van der Waals surface area contributed by atoms with Crippen molar-refractivity contribution in [1.29, 1.82) is 0 Å². The highest BCUT2D eigenvalue weighted by Crippen LogP contribution is 2.14. The van der Waals surface area contributed by atoms with Crippen LogP contribution in [0.5, 0.6) is 0 Å². The summed E-state index contributed by atoms with van der Waals surface area (Å²) in [5, 5.41) is 11.9. The van der Waals surface area contributed by atoms with Gasteiger partial charge in [-0.15, -0.1) is 0 Å². The van der Waals surface area contributed by atoms with Crippen molar-refractivity contribution >= 4 is 17.6 Å². The van der Waals surface area contributed by atoms with E-state index in [1.807, 2.05) is 0 Å². The highest BCUT2D eigenvalue weighted by atomic mass is 16.5. The molecular formula is C15H15NO5. The van der Waals surface area contributed by atoms with Gasteiger partial charge in [0.15, 0.2) is 0 Å². The van der Waals surface area contributed by atoms with Gasteiger partial charge in [-0.2, -0.15) is 0 Å². The average molecular weight is 289 g/mol. The molecule has 0 bridgehead atoms. The van der Waals surface area contributed by atoms with E-state index in [2.05, 4.69) is 5.32 Å². The van der Waals surface area contributed by atoms with Crippen molar-refractivity contribution in [3.63, 3.8) is 0 Å². The van der Waals surface area contributed by atoms with Crippen LogP contribution in [0, 0.1) is 0 Å². The van der Waals surface area contributed by atoms with Crippen molar-refractivity contribution in [1.82, 2.24) is 0 Å². The molecule has 1 aromatic carbocycles. The zero-order chi connectivity index (χ0) is 15.2. The van der Waals surface area contributed by atoms with Crippen molar-refractivity contribution in [2.45, 2.75) is 13.5 Å². The summed E-state index contributed by atoms with van der Waals surface area (Å²) in [7, 11) is 0. The second-order valence-corrected chi connectivity index (χ2v) is 4.26. The molecule has 0 aliphatic heterocycles. The number of carboxylic acids is 1. The van der Waals surface area contributed by atoms with Crippen LogP contribution in [-0.4, -0.2) is 23.7 Å². The quantitative estimate of drug-likeness (QED) is 0.795. The number of esters is 1. The first kappa shape index (κ1) is 14.6. The molecule has 0 atom stereocenters. The maximum absolute atomic E-state index is 11.6. The van der Waals surface area contributed by atoms with Crippen LogP contribution >= 0.6 is 0 Å². The SMILES string of the molecule is CCOC(=O)c1cccc(NCc2cc(C(=O)O)co2)c1. The third kappa shape index (κ3) is 3.85. The molecule has 6 nitrogen and oxygen atoms in total. The number of nitrogens with one attached hydrogen (secondary N) is 1. The number of carbonyl (C=O) groups is 2. The normalized spacial score (nSPS) is 10.1. The molecule has 0 amide bonds. The zero-order valence-electron chi connectivity index (χ0n) is 11.5. The fraction of sp³-hybridized carbons (Fsp3) is 0.200. The number of furan rings is 1. The minimum absolute atomic E-state index is 0.104. The summed E-state index contributed by atoms with van der Waals surface area (Å²) in [4.78, 5) is 22.4. The minimum atomic E-state index is -1.03. The van der Waals surface area contributed by atoms with Crippen LogP contribution in [-0.2, 0) is 11.3 Å². The van der Waals surface area contributed by atoms with E-state index >= 15 is 0 Å². The predicted octanol–water partition coefficient (Wildman–Crippen LogP) is 2.77. The van der Waals surface area contributed by atoms with E-state index in [-0.39, 0.29) is 11.5 Å². The van der Waals surface area contributed by atoms with Crippen molar-refractivity contribution < 1.29 is 23.8 Å². The number of ether oxygens (including phenoxy) is 1. The maximum atomic E-state index is 11.6. The van der Waals surface area contributed by atoms with Gasteiger partial charge in [0.2, 0.25) is 0 Å². The lowest BCUT2D eigenvalue weighted by molar-refractivity contribution is 0.0526. The third-order valence-electron chi connectivity index (χ3n) is 2.74. The van der Waals surface area contributed by atoms with Crippen LogP contribution in [0.4, 0.5) is 5.69 Å². The molecule has 110 valence electrons. The van der Waals surface area contributed by atoms with Gasteiger partial charge in [0.05, 0.1) is 24.3 Å². The summed E-state index contributed by atoms with van der Waals surface area (Å²) >= 11 is 0. The summed E-state index contributed by atoms with van der Waals surface area (Å²) in [5.41, 5.74) is 1.27. The summed E-state index contributed by atoms with van der Waals surface area (Å²) in [6.07, 6.45) is 1.19. The predicted molar refractivity (Wildman–Crippen MR) is 75.4 cm³/mol. The van der Waals surface area contributed by atoms with E-state index in [1.54, 1.807) is 31.2 Å². The summed E-state index contributed by atoms with van der Waals surface area (Å²) in [6.45, 7) is 2.39. The van der Waals surface area contributed by atoms with Gasteiger partial charge in [-0.3, -0.25) is 0 Å². The standard InChI is InChI=1S/C15H15NO5/c1-2-20-15(19)10-4-3-5-12(6-10)16-8-13-7-11(9-21-13)14(17)18/h3-7,9,16H,2,8H2,1H3,(H,17,18). The summed E-state index contributed by atoms with van der Waals surface area (Å²) < 4.78 is 10.1. The highest BCUT2D eigenvalue weighted by Gasteiger charge is 2.09. The number of hydrogen-bond donors (Lipinski definition) is 2. The Morgan fingerprint density at radius 2 is 2.10 bits per heavy atom. The lowest BCUT2D eigenvalue weighted by Gasteiger charge is -2.06. The molecule has 0 saturated heterocycles. The topological polar surface area (TPSA) is 88.8 Å². The van der Waals surface area contributed by atoms with E-state index in [9.17, 15) is 9.59 Å².